The molecule has 2 saturated heterocycles. The van der Waals surface area contributed by atoms with Crippen molar-refractivity contribution in [2.24, 2.45) is 5.92 Å². The molecule has 2 aromatic carbocycles. The smallest absolute Gasteiger partial charge is 0.269 e. The third kappa shape index (κ3) is 2.96. The average molecular weight is 380 g/mol. The number of likely N-dealkylation sites (tertiary alicyclic amines) is 1. The minimum atomic E-state index is -0.590. The van der Waals surface area contributed by atoms with Crippen LogP contribution in [0.2, 0.25) is 0 Å². The Bertz CT molecular complexity index is 916. The number of carbonyl (C=O) groups excluding carboxylic acids is 2. The van der Waals surface area contributed by atoms with E-state index >= 15 is 0 Å². The number of amides is 2. The zero-order chi connectivity index (χ0) is 19.8. The predicted molar refractivity (Wildman–Crippen MR) is 101 cm³/mol. The van der Waals surface area contributed by atoms with Crippen LogP contribution in [0.5, 0.6) is 0 Å². The van der Waals surface area contributed by atoms with Crippen LogP contribution in [0.3, 0.4) is 0 Å². The fourth-order valence-electron chi connectivity index (χ4n) is 4.05. The maximum atomic E-state index is 12.9. The zero-order valence-corrected chi connectivity index (χ0v) is 15.3. The number of fused-ring (bicyclic) bond motifs is 1. The highest BCUT2D eigenvalue weighted by molar-refractivity contribution is 6.07. The van der Waals surface area contributed by atoms with Crippen molar-refractivity contribution in [1.82, 2.24) is 15.3 Å². The summed E-state index contributed by atoms with van der Waals surface area (Å²) in [6.45, 7) is 2.59. The maximum absolute atomic E-state index is 12.9. The van der Waals surface area contributed by atoms with Gasteiger partial charge >= 0.3 is 0 Å². The number of nitro groups is 1. The Hall–Kier alpha value is -3.10. The third-order valence-electron chi connectivity index (χ3n) is 5.39. The Morgan fingerprint density at radius 2 is 1.71 bits per heavy atom. The SMILES string of the molecule is CCN1C(=O)[C@H]2[C@@H](c3ccc([N+](=O)[O-])cc3)NN(Cc3ccccc3)[C@@H]2C1=O. The monoisotopic (exact) mass is 380 g/mol. The topological polar surface area (TPSA) is 95.8 Å². The number of hydrogen-bond donors (Lipinski definition) is 1. The molecule has 8 nitrogen and oxygen atoms in total. The fourth-order valence-corrected chi connectivity index (χ4v) is 4.05. The van der Waals surface area contributed by atoms with Gasteiger partial charge in [0.2, 0.25) is 11.8 Å². The number of nitrogens with zero attached hydrogens (tertiary/aromatic N) is 3. The minimum absolute atomic E-state index is 0.0107. The van der Waals surface area contributed by atoms with E-state index < -0.39 is 22.9 Å². The molecule has 28 heavy (non-hydrogen) atoms. The summed E-state index contributed by atoms with van der Waals surface area (Å²) in [5.41, 5.74) is 5.06. The van der Waals surface area contributed by atoms with Crippen molar-refractivity contribution in [3.8, 4) is 0 Å². The van der Waals surface area contributed by atoms with Crippen LogP contribution in [-0.2, 0) is 16.1 Å². The van der Waals surface area contributed by atoms with Gasteiger partial charge in [0.25, 0.3) is 5.69 Å². The van der Waals surface area contributed by atoms with Gasteiger partial charge in [-0.05, 0) is 18.1 Å². The summed E-state index contributed by atoms with van der Waals surface area (Å²) in [5.74, 6) is -0.966. The molecule has 0 unspecified atom stereocenters. The summed E-state index contributed by atoms with van der Waals surface area (Å²) in [4.78, 5) is 37.6. The summed E-state index contributed by atoms with van der Waals surface area (Å²) in [6, 6.07) is 14.8. The van der Waals surface area contributed by atoms with E-state index in [1.807, 2.05) is 35.3 Å². The van der Waals surface area contributed by atoms with Gasteiger partial charge in [-0.25, -0.2) is 10.4 Å². The highest BCUT2D eigenvalue weighted by Gasteiger charge is 2.58. The van der Waals surface area contributed by atoms with E-state index in [9.17, 15) is 19.7 Å². The van der Waals surface area contributed by atoms with Gasteiger partial charge in [0, 0.05) is 25.2 Å². The molecule has 2 aromatic rings. The Morgan fingerprint density at radius 3 is 2.32 bits per heavy atom. The molecular weight excluding hydrogens is 360 g/mol. The van der Waals surface area contributed by atoms with Crippen molar-refractivity contribution in [2.45, 2.75) is 25.6 Å². The normalized spacial score (nSPS) is 24.6. The summed E-state index contributed by atoms with van der Waals surface area (Å²) >= 11 is 0. The molecule has 1 N–H and O–H groups in total. The number of likely N-dealkylation sites (N-methyl/N-ethyl adjacent to an activating group) is 1. The van der Waals surface area contributed by atoms with Crippen LogP contribution in [0.4, 0.5) is 5.69 Å². The lowest BCUT2D eigenvalue weighted by Gasteiger charge is -2.24. The highest BCUT2D eigenvalue weighted by Crippen LogP contribution is 2.40. The molecule has 8 heteroatoms. The molecule has 2 aliphatic heterocycles. The van der Waals surface area contributed by atoms with E-state index in [2.05, 4.69) is 5.43 Å². The van der Waals surface area contributed by atoms with Crippen LogP contribution >= 0.6 is 0 Å². The van der Waals surface area contributed by atoms with E-state index in [4.69, 9.17) is 0 Å². The molecule has 2 heterocycles. The molecule has 4 rings (SSSR count). The number of benzene rings is 2. The second-order valence-corrected chi connectivity index (χ2v) is 6.96. The third-order valence-corrected chi connectivity index (χ3v) is 5.39. The largest absolute Gasteiger partial charge is 0.281 e. The number of nitrogens with one attached hydrogen (secondary N) is 1. The van der Waals surface area contributed by atoms with Crippen molar-refractivity contribution in [1.29, 1.82) is 0 Å². The van der Waals surface area contributed by atoms with Gasteiger partial charge in [0.05, 0.1) is 16.9 Å². The molecule has 2 amide bonds. The first-order valence-electron chi connectivity index (χ1n) is 9.17. The lowest BCUT2D eigenvalue weighted by atomic mass is 9.91. The average Bonchev–Trinajstić information content (AvgIpc) is 3.19. The van der Waals surface area contributed by atoms with E-state index in [-0.39, 0.29) is 17.5 Å². The van der Waals surface area contributed by atoms with Crippen LogP contribution < -0.4 is 5.43 Å². The standard InChI is InChI=1S/C20H20N4O4/c1-2-22-19(25)16-17(14-8-10-15(11-9-14)24(27)28)21-23(18(16)20(22)26)12-13-6-4-3-5-7-13/h3-11,16-18,21H,2,12H2,1H3/t16-,17+,18-/m0/s1. The lowest BCUT2D eigenvalue weighted by molar-refractivity contribution is -0.384. The van der Waals surface area contributed by atoms with Crippen LogP contribution in [0.25, 0.3) is 0 Å². The summed E-state index contributed by atoms with van der Waals surface area (Å²) in [6.07, 6.45) is 0. The van der Waals surface area contributed by atoms with Crippen LogP contribution in [-0.4, -0.2) is 39.2 Å². The second-order valence-electron chi connectivity index (χ2n) is 6.96. The number of nitro benzene ring substituents is 1. The maximum Gasteiger partial charge on any atom is 0.269 e. The molecular formula is C20H20N4O4. The minimum Gasteiger partial charge on any atom is -0.281 e. The Labute approximate surface area is 161 Å². The molecule has 0 aliphatic carbocycles. The Morgan fingerprint density at radius 1 is 1.04 bits per heavy atom. The first kappa shape index (κ1) is 18.3. The molecule has 0 saturated carbocycles. The number of imide groups is 1. The summed E-state index contributed by atoms with van der Waals surface area (Å²) < 4.78 is 0. The molecule has 0 radical (unpaired) electrons. The van der Waals surface area contributed by atoms with Crippen molar-refractivity contribution >= 4 is 17.5 Å². The van der Waals surface area contributed by atoms with Gasteiger partial charge in [0.1, 0.15) is 6.04 Å². The van der Waals surface area contributed by atoms with Crippen LogP contribution in [0.15, 0.2) is 54.6 Å². The number of rotatable bonds is 5. The second kappa shape index (κ2) is 7.14. The van der Waals surface area contributed by atoms with Gasteiger partial charge < -0.3 is 0 Å². The number of hydrazine groups is 1. The van der Waals surface area contributed by atoms with E-state index in [0.29, 0.717) is 13.1 Å². The van der Waals surface area contributed by atoms with E-state index in [1.54, 1.807) is 19.1 Å². The van der Waals surface area contributed by atoms with Crippen LogP contribution in [0, 0.1) is 16.0 Å². The molecule has 144 valence electrons. The zero-order valence-electron chi connectivity index (χ0n) is 15.3. The molecule has 3 atom stereocenters. The van der Waals surface area contributed by atoms with E-state index in [0.717, 1.165) is 11.1 Å². The Balaban J connectivity index is 1.68. The lowest BCUT2D eigenvalue weighted by Crippen LogP contribution is -2.44. The summed E-state index contributed by atoms with van der Waals surface area (Å²) in [5, 5.41) is 12.7. The predicted octanol–water partition coefficient (Wildman–Crippen LogP) is 2.03. The first-order valence-corrected chi connectivity index (χ1v) is 9.17. The van der Waals surface area contributed by atoms with E-state index in [1.165, 1.54) is 17.0 Å². The molecule has 0 aromatic heterocycles. The highest BCUT2D eigenvalue weighted by atomic mass is 16.6. The van der Waals surface area contributed by atoms with Gasteiger partial charge in [0.15, 0.2) is 0 Å². The quantitative estimate of drug-likeness (QED) is 0.484. The van der Waals surface area contributed by atoms with Crippen molar-refractivity contribution in [2.75, 3.05) is 6.54 Å². The molecule has 2 fully saturated rings. The molecule has 2 aliphatic rings. The number of non-ortho nitro benzene ring substituents is 1. The van der Waals surface area contributed by atoms with Crippen molar-refractivity contribution in [3.05, 3.63) is 75.8 Å². The van der Waals surface area contributed by atoms with Crippen LogP contribution in [0.1, 0.15) is 24.1 Å². The molecule has 0 bridgehead atoms. The van der Waals surface area contributed by atoms with Crippen molar-refractivity contribution in [3.63, 3.8) is 0 Å². The fraction of sp³-hybridized carbons (Fsp3) is 0.300. The van der Waals surface area contributed by atoms with Gasteiger partial charge in [-0.15, -0.1) is 0 Å². The van der Waals surface area contributed by atoms with Crippen molar-refractivity contribution < 1.29 is 14.5 Å². The summed E-state index contributed by atoms with van der Waals surface area (Å²) in [7, 11) is 0. The first-order chi connectivity index (χ1) is 13.5. The van der Waals surface area contributed by atoms with Gasteiger partial charge in [-0.1, -0.05) is 42.5 Å². The van der Waals surface area contributed by atoms with Gasteiger partial charge in [-0.3, -0.25) is 24.6 Å². The number of hydrogen-bond acceptors (Lipinski definition) is 6. The van der Waals surface area contributed by atoms with Gasteiger partial charge in [-0.2, -0.15) is 0 Å². The number of carbonyl (C=O) groups is 2. The Kier molecular flexibility index (Phi) is 4.66. The molecule has 0 spiro atoms.